The Kier molecular flexibility index (Phi) is 3.75. The average Bonchev–Trinajstić information content (AvgIpc) is 3.13. The standard InChI is InChI=1S/C22H21NO5/c1-13-20(16-10-22(2,23-13)28-17-6-4-3-5-15(16)17)21(24)25-11-14-7-8-18-19(9-14)27-12-26-18/h3-9,16,23H,10-12H2,1-2H3/t16-,22-/m1/s1. The molecule has 2 bridgehead atoms. The average molecular weight is 379 g/mol. The number of ether oxygens (including phenoxy) is 4. The van der Waals surface area contributed by atoms with E-state index in [1.165, 1.54) is 0 Å². The van der Waals surface area contributed by atoms with Crippen LogP contribution in [0.1, 0.15) is 37.3 Å². The largest absolute Gasteiger partial charge is 0.468 e. The van der Waals surface area contributed by atoms with Crippen molar-refractivity contribution in [1.82, 2.24) is 5.32 Å². The number of rotatable bonds is 3. The highest BCUT2D eigenvalue weighted by Crippen LogP contribution is 2.47. The predicted molar refractivity (Wildman–Crippen MR) is 101 cm³/mol. The van der Waals surface area contributed by atoms with Gasteiger partial charge in [-0.15, -0.1) is 0 Å². The van der Waals surface area contributed by atoms with Crippen molar-refractivity contribution in [2.24, 2.45) is 0 Å². The van der Waals surface area contributed by atoms with Gasteiger partial charge in [-0.25, -0.2) is 4.79 Å². The third-order valence-electron chi connectivity index (χ3n) is 5.45. The van der Waals surface area contributed by atoms with Gasteiger partial charge in [-0.1, -0.05) is 24.3 Å². The van der Waals surface area contributed by atoms with Gasteiger partial charge in [0.2, 0.25) is 6.79 Å². The number of hydrogen-bond donors (Lipinski definition) is 1. The zero-order chi connectivity index (χ0) is 19.3. The van der Waals surface area contributed by atoms with Crippen molar-refractivity contribution in [3.8, 4) is 17.2 Å². The highest BCUT2D eigenvalue weighted by atomic mass is 16.7. The number of carbonyl (C=O) groups is 1. The summed E-state index contributed by atoms with van der Waals surface area (Å²) < 4.78 is 22.5. The second-order valence-electron chi connectivity index (χ2n) is 7.55. The molecule has 0 fully saturated rings. The van der Waals surface area contributed by atoms with Crippen molar-refractivity contribution in [3.63, 3.8) is 0 Å². The van der Waals surface area contributed by atoms with Crippen LogP contribution in [0.25, 0.3) is 0 Å². The highest BCUT2D eigenvalue weighted by Gasteiger charge is 2.45. The van der Waals surface area contributed by atoms with E-state index in [9.17, 15) is 4.79 Å². The molecule has 0 saturated heterocycles. The Balaban J connectivity index is 1.39. The fraction of sp³-hybridized carbons (Fsp3) is 0.318. The second-order valence-corrected chi connectivity index (χ2v) is 7.55. The number of nitrogens with one attached hydrogen (secondary N) is 1. The molecule has 0 radical (unpaired) electrons. The minimum Gasteiger partial charge on any atom is -0.468 e. The molecule has 3 aliphatic heterocycles. The van der Waals surface area contributed by atoms with E-state index in [0.29, 0.717) is 23.5 Å². The van der Waals surface area contributed by atoms with Crippen molar-refractivity contribution in [2.75, 3.05) is 6.79 Å². The summed E-state index contributed by atoms with van der Waals surface area (Å²) in [5.74, 6) is 1.83. The number of para-hydroxylation sites is 1. The molecule has 3 aliphatic rings. The molecule has 144 valence electrons. The molecule has 2 aromatic rings. The lowest BCUT2D eigenvalue weighted by Crippen LogP contribution is -2.54. The summed E-state index contributed by atoms with van der Waals surface area (Å²) in [5.41, 5.74) is 2.81. The lowest BCUT2D eigenvalue weighted by atomic mass is 9.78. The summed E-state index contributed by atoms with van der Waals surface area (Å²) in [6.45, 7) is 4.31. The number of esters is 1. The van der Waals surface area contributed by atoms with Crippen LogP contribution in [0.2, 0.25) is 0 Å². The third-order valence-corrected chi connectivity index (χ3v) is 5.45. The molecule has 1 N–H and O–H groups in total. The van der Waals surface area contributed by atoms with E-state index >= 15 is 0 Å². The maximum Gasteiger partial charge on any atom is 0.336 e. The molecular formula is C22H21NO5. The first kappa shape index (κ1) is 17.0. The van der Waals surface area contributed by atoms with Gasteiger partial charge >= 0.3 is 5.97 Å². The first-order chi connectivity index (χ1) is 13.5. The molecule has 0 spiro atoms. The van der Waals surface area contributed by atoms with Crippen molar-refractivity contribution in [1.29, 1.82) is 0 Å². The van der Waals surface area contributed by atoms with E-state index in [-0.39, 0.29) is 25.3 Å². The number of benzene rings is 2. The zero-order valence-corrected chi connectivity index (χ0v) is 15.8. The summed E-state index contributed by atoms with van der Waals surface area (Å²) >= 11 is 0. The summed E-state index contributed by atoms with van der Waals surface area (Å²) in [6.07, 6.45) is 0.676. The maximum absolute atomic E-state index is 13.0. The maximum atomic E-state index is 13.0. The summed E-state index contributed by atoms with van der Waals surface area (Å²) in [4.78, 5) is 13.0. The Morgan fingerprint density at radius 3 is 2.89 bits per heavy atom. The van der Waals surface area contributed by atoms with Crippen molar-refractivity contribution in [3.05, 3.63) is 64.9 Å². The van der Waals surface area contributed by atoms with Gasteiger partial charge < -0.3 is 24.3 Å². The molecule has 0 aliphatic carbocycles. The number of allylic oxidation sites excluding steroid dienone is 1. The Hall–Kier alpha value is -3.15. The van der Waals surface area contributed by atoms with E-state index < -0.39 is 5.72 Å². The quantitative estimate of drug-likeness (QED) is 0.822. The van der Waals surface area contributed by atoms with Gasteiger partial charge in [-0.3, -0.25) is 0 Å². The second kappa shape index (κ2) is 6.19. The molecule has 0 aromatic heterocycles. The van der Waals surface area contributed by atoms with Crippen LogP contribution in [0.3, 0.4) is 0 Å². The first-order valence-corrected chi connectivity index (χ1v) is 9.35. The van der Waals surface area contributed by atoms with Gasteiger partial charge in [-0.05, 0) is 37.6 Å². The fourth-order valence-corrected chi connectivity index (χ4v) is 4.26. The Labute approximate surface area is 163 Å². The molecule has 2 atom stereocenters. The van der Waals surface area contributed by atoms with Crippen LogP contribution >= 0.6 is 0 Å². The van der Waals surface area contributed by atoms with E-state index in [2.05, 4.69) is 5.32 Å². The number of fused-ring (bicyclic) bond motifs is 5. The Morgan fingerprint density at radius 2 is 2.00 bits per heavy atom. The lowest BCUT2D eigenvalue weighted by molar-refractivity contribution is -0.141. The molecule has 0 unspecified atom stereocenters. The van der Waals surface area contributed by atoms with Crippen molar-refractivity contribution in [2.45, 2.75) is 38.5 Å². The number of carbonyl (C=O) groups excluding carboxylic acids is 1. The normalized spacial score (nSPS) is 24.1. The van der Waals surface area contributed by atoms with Gasteiger partial charge in [0.25, 0.3) is 0 Å². The monoisotopic (exact) mass is 379 g/mol. The molecule has 6 nitrogen and oxygen atoms in total. The van der Waals surface area contributed by atoms with Crippen LogP contribution in [-0.2, 0) is 16.1 Å². The van der Waals surface area contributed by atoms with E-state index in [4.69, 9.17) is 18.9 Å². The molecule has 0 saturated carbocycles. The van der Waals surface area contributed by atoms with E-state index in [1.54, 1.807) is 0 Å². The molecular weight excluding hydrogens is 358 g/mol. The smallest absolute Gasteiger partial charge is 0.336 e. The minimum absolute atomic E-state index is 0.0551. The topological polar surface area (TPSA) is 66.0 Å². The predicted octanol–water partition coefficient (Wildman–Crippen LogP) is 3.62. The molecule has 5 rings (SSSR count). The van der Waals surface area contributed by atoms with Crippen LogP contribution in [-0.4, -0.2) is 18.5 Å². The van der Waals surface area contributed by atoms with Crippen LogP contribution in [0.15, 0.2) is 53.7 Å². The fourth-order valence-electron chi connectivity index (χ4n) is 4.26. The van der Waals surface area contributed by atoms with Crippen LogP contribution in [0, 0.1) is 0 Å². The minimum atomic E-state index is -0.524. The number of hydrogen-bond acceptors (Lipinski definition) is 6. The first-order valence-electron chi connectivity index (χ1n) is 9.35. The van der Waals surface area contributed by atoms with Gasteiger partial charge in [0.05, 0.1) is 5.57 Å². The van der Waals surface area contributed by atoms with Gasteiger partial charge in [0.15, 0.2) is 17.2 Å². The van der Waals surface area contributed by atoms with Crippen LogP contribution < -0.4 is 19.5 Å². The van der Waals surface area contributed by atoms with Gasteiger partial charge in [-0.2, -0.15) is 0 Å². The van der Waals surface area contributed by atoms with Crippen molar-refractivity contribution < 1.29 is 23.7 Å². The molecule has 28 heavy (non-hydrogen) atoms. The highest BCUT2D eigenvalue weighted by molar-refractivity contribution is 5.91. The summed E-state index contributed by atoms with van der Waals surface area (Å²) in [7, 11) is 0. The Morgan fingerprint density at radius 1 is 1.18 bits per heavy atom. The van der Waals surface area contributed by atoms with Gasteiger partial charge in [0.1, 0.15) is 12.4 Å². The SMILES string of the molecule is CC1=C(C(=O)OCc2ccc3c(c2)OCO3)[C@@H]2C[C@](C)(N1)Oc1ccccc12. The summed E-state index contributed by atoms with van der Waals surface area (Å²) in [6, 6.07) is 13.4. The zero-order valence-electron chi connectivity index (χ0n) is 15.8. The molecule has 3 heterocycles. The van der Waals surface area contributed by atoms with Crippen LogP contribution in [0.4, 0.5) is 0 Å². The van der Waals surface area contributed by atoms with Crippen molar-refractivity contribution >= 4 is 5.97 Å². The third kappa shape index (κ3) is 2.76. The Bertz CT molecular complexity index is 998. The molecule has 6 heteroatoms. The molecule has 2 aromatic carbocycles. The summed E-state index contributed by atoms with van der Waals surface area (Å²) in [5, 5.41) is 3.35. The van der Waals surface area contributed by atoms with Crippen LogP contribution in [0.5, 0.6) is 17.2 Å². The van der Waals surface area contributed by atoms with E-state index in [1.807, 2.05) is 56.3 Å². The molecule has 0 amide bonds. The van der Waals surface area contributed by atoms with Gasteiger partial charge in [0, 0.05) is 23.6 Å². The van der Waals surface area contributed by atoms with E-state index in [0.717, 1.165) is 22.6 Å². The lowest BCUT2D eigenvalue weighted by Gasteiger charge is -2.45.